The van der Waals surface area contributed by atoms with Crippen LogP contribution in [0.5, 0.6) is 5.75 Å². The molecule has 0 amide bonds. The number of ether oxygens (including phenoxy) is 1. The van der Waals surface area contributed by atoms with Crippen molar-refractivity contribution in [3.05, 3.63) is 69.3 Å². The predicted octanol–water partition coefficient (Wildman–Crippen LogP) is 4.01. The summed E-state index contributed by atoms with van der Waals surface area (Å²) in [5.74, 6) is 1.35. The molecule has 0 aliphatic carbocycles. The van der Waals surface area contributed by atoms with Crippen LogP contribution in [0.4, 0.5) is 5.69 Å². The van der Waals surface area contributed by atoms with E-state index in [4.69, 9.17) is 10.5 Å². The first kappa shape index (κ1) is 17.9. The molecule has 2 aromatic rings. The van der Waals surface area contributed by atoms with Gasteiger partial charge in [-0.25, -0.2) is 0 Å². The minimum Gasteiger partial charge on any atom is -0.496 e. The van der Waals surface area contributed by atoms with Gasteiger partial charge in [0.05, 0.1) is 12.0 Å². The van der Waals surface area contributed by atoms with Crippen molar-refractivity contribution in [2.75, 3.05) is 13.7 Å². The molecule has 0 fully saturated rings. The van der Waals surface area contributed by atoms with Gasteiger partial charge in [0.2, 0.25) is 0 Å². The molecule has 0 aliphatic heterocycles. The molecule has 1 unspecified atom stereocenters. The molecule has 5 nitrogen and oxygen atoms in total. The van der Waals surface area contributed by atoms with Crippen molar-refractivity contribution in [2.45, 2.75) is 32.1 Å². The van der Waals surface area contributed by atoms with Gasteiger partial charge in [0, 0.05) is 18.1 Å². The highest BCUT2D eigenvalue weighted by Crippen LogP contribution is 2.32. The molecule has 2 rings (SSSR count). The third-order valence-corrected chi connectivity index (χ3v) is 4.27. The lowest BCUT2D eigenvalue weighted by Gasteiger charge is -2.20. The number of rotatable bonds is 7. The fourth-order valence-electron chi connectivity index (χ4n) is 2.79. The van der Waals surface area contributed by atoms with Gasteiger partial charge in [-0.1, -0.05) is 38.1 Å². The molecule has 0 heterocycles. The van der Waals surface area contributed by atoms with E-state index in [1.54, 1.807) is 19.2 Å². The van der Waals surface area contributed by atoms with Gasteiger partial charge in [0.25, 0.3) is 5.69 Å². The maximum absolute atomic E-state index is 10.8. The molecule has 0 radical (unpaired) electrons. The van der Waals surface area contributed by atoms with Gasteiger partial charge >= 0.3 is 0 Å². The van der Waals surface area contributed by atoms with Gasteiger partial charge in [-0.3, -0.25) is 10.1 Å². The molecule has 1 atom stereocenters. The van der Waals surface area contributed by atoms with Crippen molar-refractivity contribution < 1.29 is 9.66 Å². The maximum atomic E-state index is 10.8. The summed E-state index contributed by atoms with van der Waals surface area (Å²) in [6.45, 7) is 4.79. The Labute approximate surface area is 142 Å². The van der Waals surface area contributed by atoms with Crippen LogP contribution in [0.2, 0.25) is 0 Å². The highest BCUT2D eigenvalue weighted by atomic mass is 16.6. The molecule has 24 heavy (non-hydrogen) atoms. The normalized spacial score (nSPS) is 12.2. The molecule has 5 heteroatoms. The van der Waals surface area contributed by atoms with Gasteiger partial charge < -0.3 is 10.5 Å². The number of nitro groups is 1. The summed E-state index contributed by atoms with van der Waals surface area (Å²) in [5, 5.41) is 10.8. The van der Waals surface area contributed by atoms with E-state index in [2.05, 4.69) is 26.0 Å². The SMILES string of the molecule is COc1ccc(C(C)C)cc1C(CN)Cc1ccc([N+](=O)[O-])cc1. The zero-order chi connectivity index (χ0) is 17.7. The fourth-order valence-corrected chi connectivity index (χ4v) is 2.79. The molecule has 0 saturated heterocycles. The van der Waals surface area contributed by atoms with E-state index in [9.17, 15) is 10.1 Å². The van der Waals surface area contributed by atoms with Crippen molar-refractivity contribution in [2.24, 2.45) is 5.73 Å². The van der Waals surface area contributed by atoms with Crippen LogP contribution in [0.25, 0.3) is 0 Å². The monoisotopic (exact) mass is 328 g/mol. The van der Waals surface area contributed by atoms with Crippen LogP contribution in [0.1, 0.15) is 42.4 Å². The van der Waals surface area contributed by atoms with Gasteiger partial charge in [0.15, 0.2) is 0 Å². The van der Waals surface area contributed by atoms with Crippen LogP contribution >= 0.6 is 0 Å². The molecular weight excluding hydrogens is 304 g/mol. The Morgan fingerprint density at radius 3 is 2.33 bits per heavy atom. The number of nitro benzene ring substituents is 1. The van der Waals surface area contributed by atoms with Crippen molar-refractivity contribution >= 4 is 5.69 Å². The summed E-state index contributed by atoms with van der Waals surface area (Å²) < 4.78 is 5.51. The average Bonchev–Trinajstić information content (AvgIpc) is 2.59. The van der Waals surface area contributed by atoms with E-state index < -0.39 is 0 Å². The summed E-state index contributed by atoms with van der Waals surface area (Å²) in [7, 11) is 1.66. The number of methoxy groups -OCH3 is 1. The van der Waals surface area contributed by atoms with Crippen LogP contribution in [0.3, 0.4) is 0 Å². The van der Waals surface area contributed by atoms with Crippen molar-refractivity contribution in [3.63, 3.8) is 0 Å². The van der Waals surface area contributed by atoms with E-state index in [1.165, 1.54) is 17.7 Å². The van der Waals surface area contributed by atoms with E-state index in [0.29, 0.717) is 18.9 Å². The lowest BCUT2D eigenvalue weighted by atomic mass is 9.88. The second-order valence-corrected chi connectivity index (χ2v) is 6.22. The van der Waals surface area contributed by atoms with Crippen LogP contribution in [0, 0.1) is 10.1 Å². The number of nitrogens with two attached hydrogens (primary N) is 1. The zero-order valence-corrected chi connectivity index (χ0v) is 14.4. The average molecular weight is 328 g/mol. The number of non-ortho nitro benzene ring substituents is 1. The van der Waals surface area contributed by atoms with Gasteiger partial charge in [-0.05, 0) is 41.6 Å². The first-order valence-electron chi connectivity index (χ1n) is 8.07. The number of hydrogen-bond donors (Lipinski definition) is 1. The summed E-state index contributed by atoms with van der Waals surface area (Å²) in [6.07, 6.45) is 0.715. The number of benzene rings is 2. The lowest BCUT2D eigenvalue weighted by molar-refractivity contribution is -0.384. The Bertz CT molecular complexity index is 696. The Morgan fingerprint density at radius 1 is 1.17 bits per heavy atom. The number of hydrogen-bond acceptors (Lipinski definition) is 4. The smallest absolute Gasteiger partial charge is 0.269 e. The largest absolute Gasteiger partial charge is 0.496 e. The Kier molecular flexibility index (Phi) is 5.93. The summed E-state index contributed by atoms with van der Waals surface area (Å²) in [6, 6.07) is 12.9. The van der Waals surface area contributed by atoms with E-state index in [1.807, 2.05) is 6.07 Å². The highest BCUT2D eigenvalue weighted by molar-refractivity contribution is 5.42. The lowest BCUT2D eigenvalue weighted by Crippen LogP contribution is -2.16. The van der Waals surface area contributed by atoms with Crippen LogP contribution in [0.15, 0.2) is 42.5 Å². The molecule has 0 aromatic heterocycles. The Morgan fingerprint density at radius 2 is 1.83 bits per heavy atom. The zero-order valence-electron chi connectivity index (χ0n) is 14.4. The maximum Gasteiger partial charge on any atom is 0.269 e. The molecular formula is C19H24N2O3. The van der Waals surface area contributed by atoms with Gasteiger partial charge in [-0.15, -0.1) is 0 Å². The number of nitrogens with zero attached hydrogens (tertiary/aromatic N) is 1. The molecule has 0 spiro atoms. The highest BCUT2D eigenvalue weighted by Gasteiger charge is 2.17. The molecule has 0 saturated carbocycles. The predicted molar refractivity (Wildman–Crippen MR) is 95.7 cm³/mol. The fraction of sp³-hybridized carbons (Fsp3) is 0.368. The third kappa shape index (κ3) is 4.11. The quantitative estimate of drug-likeness (QED) is 0.615. The second-order valence-electron chi connectivity index (χ2n) is 6.22. The molecule has 0 aliphatic rings. The first-order valence-corrected chi connectivity index (χ1v) is 8.07. The van der Waals surface area contributed by atoms with E-state index >= 15 is 0 Å². The third-order valence-electron chi connectivity index (χ3n) is 4.27. The van der Waals surface area contributed by atoms with Crippen LogP contribution in [-0.4, -0.2) is 18.6 Å². The second kappa shape index (κ2) is 7.93. The van der Waals surface area contributed by atoms with Gasteiger partial charge in [0.1, 0.15) is 5.75 Å². The van der Waals surface area contributed by atoms with Crippen molar-refractivity contribution in [3.8, 4) is 5.75 Å². The standard InChI is InChI=1S/C19H24N2O3/c1-13(2)15-6-9-19(24-3)18(11-15)16(12-20)10-14-4-7-17(8-5-14)21(22)23/h4-9,11,13,16H,10,12,20H2,1-3H3. The van der Waals surface area contributed by atoms with Crippen LogP contribution < -0.4 is 10.5 Å². The molecule has 128 valence electrons. The van der Waals surface area contributed by atoms with Gasteiger partial charge in [-0.2, -0.15) is 0 Å². The Balaban J connectivity index is 2.30. The first-order chi connectivity index (χ1) is 11.5. The minimum absolute atomic E-state index is 0.0973. The topological polar surface area (TPSA) is 78.4 Å². The molecule has 2 aromatic carbocycles. The summed E-state index contributed by atoms with van der Waals surface area (Å²) in [4.78, 5) is 10.4. The van der Waals surface area contributed by atoms with E-state index in [-0.39, 0.29) is 16.5 Å². The van der Waals surface area contributed by atoms with Crippen molar-refractivity contribution in [1.82, 2.24) is 0 Å². The minimum atomic E-state index is -0.390. The summed E-state index contributed by atoms with van der Waals surface area (Å²) >= 11 is 0. The Hall–Kier alpha value is -2.40. The molecule has 0 bridgehead atoms. The molecule has 2 N–H and O–H groups in total. The van der Waals surface area contributed by atoms with E-state index in [0.717, 1.165) is 16.9 Å². The van der Waals surface area contributed by atoms with Crippen LogP contribution in [-0.2, 0) is 6.42 Å². The van der Waals surface area contributed by atoms with Crippen molar-refractivity contribution in [1.29, 1.82) is 0 Å². The summed E-state index contributed by atoms with van der Waals surface area (Å²) in [5.41, 5.74) is 9.47.